The number of aromatic amines is 1. The van der Waals surface area contributed by atoms with Gasteiger partial charge in [0.05, 0.1) is 0 Å². The van der Waals surface area contributed by atoms with E-state index < -0.39 is 0 Å². The number of rotatable bonds is 3. The van der Waals surface area contributed by atoms with Gasteiger partial charge in [0.2, 0.25) is 0 Å². The number of likely N-dealkylation sites (tertiary alicyclic amines) is 1. The molecule has 1 amide bonds. The van der Waals surface area contributed by atoms with Crippen molar-refractivity contribution in [2.45, 2.75) is 52.5 Å². The normalized spacial score (nSPS) is 18.9. The summed E-state index contributed by atoms with van der Waals surface area (Å²) in [6.45, 7) is 6.85. The summed E-state index contributed by atoms with van der Waals surface area (Å²) in [7, 11) is 0. The van der Waals surface area contributed by atoms with Crippen molar-refractivity contribution in [2.75, 3.05) is 6.54 Å². The lowest BCUT2D eigenvalue weighted by Crippen LogP contribution is -2.37. The molecule has 0 bridgehead atoms. The number of aromatic nitrogens is 1. The zero-order valence-electron chi connectivity index (χ0n) is 12.0. The van der Waals surface area contributed by atoms with E-state index in [9.17, 15) is 9.59 Å². The Morgan fingerprint density at radius 1 is 1.42 bits per heavy atom. The number of nitrogens with one attached hydrogen (secondary N) is 1. The van der Waals surface area contributed by atoms with Crippen LogP contribution in [0.2, 0.25) is 0 Å². The van der Waals surface area contributed by atoms with E-state index in [0.717, 1.165) is 43.5 Å². The molecule has 4 heteroatoms. The van der Waals surface area contributed by atoms with Gasteiger partial charge in [-0.25, -0.2) is 0 Å². The van der Waals surface area contributed by atoms with Crippen molar-refractivity contribution < 1.29 is 4.79 Å². The van der Waals surface area contributed by atoms with E-state index in [1.165, 1.54) is 0 Å². The Hall–Kier alpha value is -1.58. The minimum Gasteiger partial charge on any atom is -0.336 e. The highest BCUT2D eigenvalue weighted by Crippen LogP contribution is 2.19. The third-order valence-electron chi connectivity index (χ3n) is 3.99. The van der Waals surface area contributed by atoms with E-state index in [1.54, 1.807) is 6.07 Å². The number of aryl methyl sites for hydroxylation is 2. The number of carbonyl (C=O) groups excluding carboxylic acids is 1. The van der Waals surface area contributed by atoms with Gasteiger partial charge in [-0.05, 0) is 44.2 Å². The van der Waals surface area contributed by atoms with Gasteiger partial charge in [0.15, 0.2) is 0 Å². The average molecular weight is 262 g/mol. The highest BCUT2D eigenvalue weighted by Gasteiger charge is 2.27. The second-order valence-electron chi connectivity index (χ2n) is 5.21. The topological polar surface area (TPSA) is 53.2 Å². The highest BCUT2D eigenvalue weighted by atomic mass is 16.2. The monoisotopic (exact) mass is 262 g/mol. The van der Waals surface area contributed by atoms with Crippen LogP contribution in [-0.2, 0) is 12.8 Å². The molecule has 104 valence electrons. The third kappa shape index (κ3) is 2.57. The Balaban J connectivity index is 2.39. The van der Waals surface area contributed by atoms with Gasteiger partial charge in [0.25, 0.3) is 11.5 Å². The van der Waals surface area contributed by atoms with Gasteiger partial charge in [-0.15, -0.1) is 0 Å². The van der Waals surface area contributed by atoms with E-state index in [1.807, 2.05) is 25.7 Å². The van der Waals surface area contributed by atoms with Gasteiger partial charge >= 0.3 is 0 Å². The Morgan fingerprint density at radius 2 is 2.16 bits per heavy atom. The second-order valence-corrected chi connectivity index (χ2v) is 5.21. The van der Waals surface area contributed by atoms with Crippen LogP contribution in [0.3, 0.4) is 0 Å². The number of pyridine rings is 1. The van der Waals surface area contributed by atoms with Crippen molar-refractivity contribution in [1.29, 1.82) is 0 Å². The van der Waals surface area contributed by atoms with Gasteiger partial charge < -0.3 is 9.88 Å². The zero-order chi connectivity index (χ0) is 14.0. The molecule has 2 rings (SSSR count). The standard InChI is InChI=1S/C15H22N2O2/c1-4-11-9-12(14(18)16-13(11)5-2)15(19)17-8-6-7-10(17)3/h9-10H,4-8H2,1-3H3,(H,16,18)/t10-/m1/s1. The Bertz CT molecular complexity index is 533. The SMILES string of the molecule is CCc1cc(C(=O)N2CCC[C@H]2C)c(=O)[nH]c1CC. The van der Waals surface area contributed by atoms with E-state index in [2.05, 4.69) is 4.98 Å². The molecule has 0 unspecified atom stereocenters. The number of hydrogen-bond donors (Lipinski definition) is 1. The Labute approximate surface area is 113 Å². The first-order chi connectivity index (χ1) is 9.08. The van der Waals surface area contributed by atoms with Crippen LogP contribution < -0.4 is 5.56 Å². The summed E-state index contributed by atoms with van der Waals surface area (Å²) in [5.74, 6) is -0.122. The van der Waals surface area contributed by atoms with Crippen molar-refractivity contribution >= 4 is 5.91 Å². The quantitative estimate of drug-likeness (QED) is 0.907. The van der Waals surface area contributed by atoms with Gasteiger partial charge in [0, 0.05) is 18.3 Å². The smallest absolute Gasteiger partial charge is 0.261 e. The molecule has 0 radical (unpaired) electrons. The summed E-state index contributed by atoms with van der Waals surface area (Å²) in [6.07, 6.45) is 3.67. The fourth-order valence-electron chi connectivity index (χ4n) is 2.79. The lowest BCUT2D eigenvalue weighted by molar-refractivity contribution is 0.0745. The van der Waals surface area contributed by atoms with Gasteiger partial charge in [0.1, 0.15) is 5.56 Å². The van der Waals surface area contributed by atoms with Crippen LogP contribution in [0.4, 0.5) is 0 Å². The van der Waals surface area contributed by atoms with Crippen molar-refractivity contribution in [3.63, 3.8) is 0 Å². The van der Waals surface area contributed by atoms with Crippen LogP contribution in [0.1, 0.15) is 55.2 Å². The van der Waals surface area contributed by atoms with Crippen molar-refractivity contribution in [3.8, 4) is 0 Å². The maximum Gasteiger partial charge on any atom is 0.261 e. The number of hydrogen-bond acceptors (Lipinski definition) is 2. The summed E-state index contributed by atoms with van der Waals surface area (Å²) in [5, 5.41) is 0. The summed E-state index contributed by atoms with van der Waals surface area (Å²) in [4.78, 5) is 29.2. The molecular formula is C15H22N2O2. The molecule has 19 heavy (non-hydrogen) atoms. The van der Waals surface area contributed by atoms with E-state index in [-0.39, 0.29) is 17.5 Å². The van der Waals surface area contributed by atoms with E-state index in [4.69, 9.17) is 0 Å². The number of carbonyl (C=O) groups is 1. The summed E-state index contributed by atoms with van der Waals surface area (Å²) in [5.41, 5.74) is 2.05. The molecule has 1 atom stereocenters. The van der Waals surface area contributed by atoms with Crippen LogP contribution in [0.15, 0.2) is 10.9 Å². The largest absolute Gasteiger partial charge is 0.336 e. The third-order valence-corrected chi connectivity index (χ3v) is 3.99. The summed E-state index contributed by atoms with van der Waals surface area (Å²) >= 11 is 0. The molecular weight excluding hydrogens is 240 g/mol. The molecule has 1 saturated heterocycles. The molecule has 1 aromatic heterocycles. The van der Waals surface area contributed by atoms with Crippen molar-refractivity contribution in [2.24, 2.45) is 0 Å². The van der Waals surface area contributed by atoms with Crippen molar-refractivity contribution in [1.82, 2.24) is 9.88 Å². The molecule has 1 aromatic rings. The van der Waals surface area contributed by atoms with Crippen molar-refractivity contribution in [3.05, 3.63) is 33.2 Å². The molecule has 0 saturated carbocycles. The van der Waals surface area contributed by atoms with Crippen LogP contribution >= 0.6 is 0 Å². The average Bonchev–Trinajstić information content (AvgIpc) is 2.83. The van der Waals surface area contributed by atoms with Gasteiger partial charge in [-0.2, -0.15) is 0 Å². The maximum atomic E-state index is 12.5. The molecule has 2 heterocycles. The molecule has 1 fully saturated rings. The first-order valence-electron chi connectivity index (χ1n) is 7.14. The fourth-order valence-corrected chi connectivity index (χ4v) is 2.79. The van der Waals surface area contributed by atoms with E-state index >= 15 is 0 Å². The lowest BCUT2D eigenvalue weighted by Gasteiger charge is -2.21. The summed E-state index contributed by atoms with van der Waals surface area (Å²) < 4.78 is 0. The molecule has 1 N–H and O–H groups in total. The van der Waals surface area contributed by atoms with Crippen LogP contribution in [0, 0.1) is 0 Å². The molecule has 1 aliphatic heterocycles. The lowest BCUT2D eigenvalue weighted by atomic mass is 10.1. The highest BCUT2D eigenvalue weighted by molar-refractivity contribution is 5.94. The first kappa shape index (κ1) is 13.8. The number of amides is 1. The van der Waals surface area contributed by atoms with Gasteiger partial charge in [-0.1, -0.05) is 13.8 Å². The minimum absolute atomic E-state index is 0.122. The molecule has 0 spiro atoms. The number of nitrogens with zero attached hydrogens (tertiary/aromatic N) is 1. The second kappa shape index (κ2) is 5.59. The maximum absolute atomic E-state index is 12.5. The predicted octanol–water partition coefficient (Wildman–Crippen LogP) is 2.12. The van der Waals surface area contributed by atoms with Crippen LogP contribution in [0.25, 0.3) is 0 Å². The Morgan fingerprint density at radius 3 is 2.68 bits per heavy atom. The molecule has 4 nitrogen and oxygen atoms in total. The Kier molecular flexibility index (Phi) is 4.08. The molecule has 0 aliphatic carbocycles. The predicted molar refractivity (Wildman–Crippen MR) is 75.6 cm³/mol. The van der Waals surface area contributed by atoms with Crippen LogP contribution in [0.5, 0.6) is 0 Å². The number of H-pyrrole nitrogens is 1. The fraction of sp³-hybridized carbons (Fsp3) is 0.600. The molecule has 0 aromatic carbocycles. The summed E-state index contributed by atoms with van der Waals surface area (Å²) in [6, 6.07) is 2.02. The van der Waals surface area contributed by atoms with E-state index in [0.29, 0.717) is 5.56 Å². The van der Waals surface area contributed by atoms with Gasteiger partial charge in [-0.3, -0.25) is 9.59 Å². The minimum atomic E-state index is -0.252. The first-order valence-corrected chi connectivity index (χ1v) is 7.14. The molecule has 1 aliphatic rings. The van der Waals surface area contributed by atoms with Crippen LogP contribution in [-0.4, -0.2) is 28.4 Å². The zero-order valence-corrected chi connectivity index (χ0v) is 12.0.